The molecule has 1 unspecified atom stereocenters. The van der Waals surface area contributed by atoms with Crippen LogP contribution in [0.2, 0.25) is 0 Å². The van der Waals surface area contributed by atoms with Crippen molar-refractivity contribution in [1.29, 1.82) is 0 Å². The van der Waals surface area contributed by atoms with Crippen LogP contribution in [0.4, 0.5) is 0 Å². The first-order valence-electron chi connectivity index (χ1n) is 5.16. The van der Waals surface area contributed by atoms with Crippen molar-refractivity contribution in [3.63, 3.8) is 0 Å². The number of hydrazine groups is 1. The van der Waals surface area contributed by atoms with Gasteiger partial charge in [0, 0.05) is 17.2 Å². The Morgan fingerprint density at radius 1 is 1.41 bits per heavy atom. The lowest BCUT2D eigenvalue weighted by Gasteiger charge is -2.26. The summed E-state index contributed by atoms with van der Waals surface area (Å²) in [5.74, 6) is -0.913. The minimum atomic E-state index is -1.17. The maximum Gasteiger partial charge on any atom is 0.334 e. The molecule has 2 rings (SSSR count). The number of benzene rings is 1. The monoisotopic (exact) mass is 296 g/mol. The van der Waals surface area contributed by atoms with E-state index in [9.17, 15) is 9.90 Å². The van der Waals surface area contributed by atoms with E-state index < -0.39 is 11.5 Å². The molecule has 2 N–H and O–H groups in total. The number of carbonyl (C=O) groups is 1. The van der Waals surface area contributed by atoms with E-state index in [4.69, 9.17) is 0 Å². The predicted molar refractivity (Wildman–Crippen MR) is 68.1 cm³/mol. The Morgan fingerprint density at radius 2 is 2.00 bits per heavy atom. The van der Waals surface area contributed by atoms with Gasteiger partial charge in [0.05, 0.1) is 0 Å². The molecule has 1 heterocycles. The van der Waals surface area contributed by atoms with Gasteiger partial charge in [-0.2, -0.15) is 0 Å². The van der Waals surface area contributed by atoms with Crippen molar-refractivity contribution in [2.75, 3.05) is 7.05 Å². The molecule has 90 valence electrons. The van der Waals surface area contributed by atoms with Crippen LogP contribution in [0.1, 0.15) is 12.5 Å². The zero-order chi connectivity index (χ0) is 12.6. The van der Waals surface area contributed by atoms with Gasteiger partial charge in [-0.15, -0.1) is 0 Å². The van der Waals surface area contributed by atoms with Gasteiger partial charge in [-0.25, -0.2) is 10.2 Å². The quantitative estimate of drug-likeness (QED) is 0.877. The number of rotatable bonds is 2. The minimum Gasteiger partial charge on any atom is -0.479 e. The van der Waals surface area contributed by atoms with E-state index in [-0.39, 0.29) is 0 Å². The second-order valence-corrected chi connectivity index (χ2v) is 4.99. The normalized spacial score (nSPS) is 23.7. The maximum atomic E-state index is 11.6. The summed E-state index contributed by atoms with van der Waals surface area (Å²) in [6.45, 7) is 1.87. The molecule has 0 aliphatic carbocycles. The van der Waals surface area contributed by atoms with Gasteiger partial charge in [-0.1, -0.05) is 28.1 Å². The van der Waals surface area contributed by atoms with E-state index in [1.54, 1.807) is 30.3 Å². The lowest BCUT2D eigenvalue weighted by atomic mass is 9.91. The fourth-order valence-corrected chi connectivity index (χ4v) is 2.15. The second kappa shape index (κ2) is 4.16. The summed E-state index contributed by atoms with van der Waals surface area (Å²) in [4.78, 5) is 11.6. The molecule has 1 aliphatic rings. The van der Waals surface area contributed by atoms with Crippen LogP contribution in [0, 0.1) is 0 Å². The number of hydrogen-bond acceptors (Lipinski definition) is 3. The summed E-state index contributed by atoms with van der Waals surface area (Å²) in [6.07, 6.45) is 1.72. The molecular formula is C12H13BrN2O2. The lowest BCUT2D eigenvalue weighted by Crippen LogP contribution is -2.48. The smallest absolute Gasteiger partial charge is 0.334 e. The van der Waals surface area contributed by atoms with Crippen LogP contribution in [0.3, 0.4) is 0 Å². The van der Waals surface area contributed by atoms with E-state index in [2.05, 4.69) is 21.4 Å². The van der Waals surface area contributed by atoms with Crippen LogP contribution >= 0.6 is 15.9 Å². The molecule has 4 nitrogen and oxygen atoms in total. The Hall–Kier alpha value is -1.33. The zero-order valence-corrected chi connectivity index (χ0v) is 11.2. The molecule has 0 aromatic heterocycles. The summed E-state index contributed by atoms with van der Waals surface area (Å²) in [6, 6.07) is 7.27. The van der Waals surface area contributed by atoms with E-state index in [1.807, 2.05) is 19.1 Å². The molecule has 1 aromatic carbocycles. The highest BCUT2D eigenvalue weighted by Crippen LogP contribution is 2.31. The molecule has 0 saturated heterocycles. The number of halogens is 1. The van der Waals surface area contributed by atoms with Crippen molar-refractivity contribution in [2.45, 2.75) is 12.5 Å². The topological polar surface area (TPSA) is 52.6 Å². The highest BCUT2D eigenvalue weighted by molar-refractivity contribution is 9.10. The van der Waals surface area contributed by atoms with Crippen LogP contribution in [0.25, 0.3) is 0 Å². The van der Waals surface area contributed by atoms with Crippen LogP contribution in [-0.4, -0.2) is 23.1 Å². The van der Waals surface area contributed by atoms with E-state index in [1.165, 1.54) is 0 Å². The third-order valence-electron chi connectivity index (χ3n) is 2.94. The molecule has 1 atom stereocenters. The Bertz CT molecular complexity index is 484. The lowest BCUT2D eigenvalue weighted by molar-refractivity contribution is -0.144. The van der Waals surface area contributed by atoms with Gasteiger partial charge in [-0.05, 0) is 30.7 Å². The van der Waals surface area contributed by atoms with Crippen LogP contribution in [-0.2, 0) is 10.3 Å². The molecule has 0 amide bonds. The number of hydrogen-bond donors (Lipinski definition) is 2. The molecule has 1 aliphatic heterocycles. The van der Waals surface area contributed by atoms with Crippen molar-refractivity contribution in [3.05, 3.63) is 46.1 Å². The Morgan fingerprint density at radius 3 is 2.41 bits per heavy atom. The van der Waals surface area contributed by atoms with Crippen molar-refractivity contribution in [2.24, 2.45) is 0 Å². The van der Waals surface area contributed by atoms with Gasteiger partial charge >= 0.3 is 5.97 Å². The molecule has 0 bridgehead atoms. The van der Waals surface area contributed by atoms with Crippen molar-refractivity contribution < 1.29 is 9.90 Å². The molecule has 5 heteroatoms. The van der Waals surface area contributed by atoms with Gasteiger partial charge < -0.3 is 10.1 Å². The first-order valence-corrected chi connectivity index (χ1v) is 5.95. The molecule has 17 heavy (non-hydrogen) atoms. The average molecular weight is 297 g/mol. The highest BCUT2D eigenvalue weighted by atomic mass is 79.9. The number of carboxylic acid groups (broad SMARTS) is 1. The first kappa shape index (κ1) is 12.1. The molecule has 0 saturated carbocycles. The van der Waals surface area contributed by atoms with E-state index >= 15 is 0 Å². The van der Waals surface area contributed by atoms with Crippen molar-refractivity contribution in [1.82, 2.24) is 10.4 Å². The highest BCUT2D eigenvalue weighted by Gasteiger charge is 2.43. The third kappa shape index (κ3) is 1.96. The van der Waals surface area contributed by atoms with E-state index in [0.717, 1.165) is 10.2 Å². The van der Waals surface area contributed by atoms with Gasteiger partial charge in [0.15, 0.2) is 5.54 Å². The number of carboxylic acids is 1. The van der Waals surface area contributed by atoms with Crippen molar-refractivity contribution in [3.8, 4) is 0 Å². The summed E-state index contributed by atoms with van der Waals surface area (Å²) in [5.41, 5.74) is 3.40. The molecule has 0 spiro atoms. The Kier molecular flexibility index (Phi) is 2.97. The van der Waals surface area contributed by atoms with E-state index in [0.29, 0.717) is 5.56 Å². The largest absolute Gasteiger partial charge is 0.479 e. The number of allylic oxidation sites excluding steroid dienone is 1. The summed E-state index contributed by atoms with van der Waals surface area (Å²) >= 11 is 3.34. The number of nitrogens with one attached hydrogen (secondary N) is 1. The molecule has 0 fully saturated rings. The summed E-state index contributed by atoms with van der Waals surface area (Å²) in [7, 11) is 1.80. The van der Waals surface area contributed by atoms with Gasteiger partial charge in [-0.3, -0.25) is 0 Å². The first-order chi connectivity index (χ1) is 7.95. The summed E-state index contributed by atoms with van der Waals surface area (Å²) in [5, 5.41) is 11.2. The fraction of sp³-hybridized carbons (Fsp3) is 0.250. The second-order valence-electron chi connectivity index (χ2n) is 4.08. The van der Waals surface area contributed by atoms with Crippen LogP contribution in [0.5, 0.6) is 0 Å². The third-order valence-corrected chi connectivity index (χ3v) is 3.46. The molecule has 0 radical (unpaired) electrons. The fourth-order valence-electron chi connectivity index (χ4n) is 1.89. The van der Waals surface area contributed by atoms with Crippen molar-refractivity contribution >= 4 is 21.9 Å². The van der Waals surface area contributed by atoms with Gasteiger partial charge in [0.1, 0.15) is 0 Å². The predicted octanol–water partition coefficient (Wildman–Crippen LogP) is 2.08. The standard InChI is InChI=1S/C12H13BrN2O2/c1-8-7-12(11(16)17,14-15(8)2)9-3-5-10(13)6-4-9/h3-7,14H,1-2H3,(H,16,17). The van der Waals surface area contributed by atoms with Crippen LogP contribution in [0.15, 0.2) is 40.5 Å². The average Bonchev–Trinajstić information content (AvgIpc) is 2.57. The minimum absolute atomic E-state index is 0.705. The van der Waals surface area contributed by atoms with Crippen LogP contribution < -0.4 is 5.43 Å². The maximum absolute atomic E-state index is 11.6. The molecular weight excluding hydrogens is 284 g/mol. The van der Waals surface area contributed by atoms with Gasteiger partial charge in [0.25, 0.3) is 0 Å². The SMILES string of the molecule is CC1=CC(C(=O)O)(c2ccc(Br)cc2)NN1C. The zero-order valence-electron chi connectivity index (χ0n) is 9.57. The summed E-state index contributed by atoms with van der Waals surface area (Å²) < 4.78 is 0.925. The molecule has 1 aromatic rings. The van der Waals surface area contributed by atoms with Gasteiger partial charge in [0.2, 0.25) is 0 Å². The number of aliphatic carboxylic acids is 1. The Balaban J connectivity index is 2.51. The number of nitrogens with zero attached hydrogens (tertiary/aromatic N) is 1. The Labute approximate surface area is 108 Å².